The normalized spacial score (nSPS) is 10.7. The van der Waals surface area contributed by atoms with Gasteiger partial charge in [0, 0.05) is 11.3 Å². The number of nitrogens with zero attached hydrogens (tertiary/aromatic N) is 3. The second kappa shape index (κ2) is 10.6. The molecule has 1 N–H and O–H groups in total. The summed E-state index contributed by atoms with van der Waals surface area (Å²) in [4.78, 5) is 29.4. The number of rotatable bonds is 8. The van der Waals surface area contributed by atoms with Crippen molar-refractivity contribution in [2.45, 2.75) is 18.9 Å². The maximum Gasteiger partial charge on any atom is 0.234 e. The fourth-order valence-electron chi connectivity index (χ4n) is 3.24. The van der Waals surface area contributed by atoms with Gasteiger partial charge in [-0.3, -0.25) is 9.59 Å². The minimum atomic E-state index is -0.184. The summed E-state index contributed by atoms with van der Waals surface area (Å²) >= 11 is 2.83. The fourth-order valence-corrected chi connectivity index (χ4v) is 4.92. The highest BCUT2D eigenvalue weighted by atomic mass is 32.2. The molecule has 2 aromatic carbocycles. The number of para-hydroxylation sites is 1. The molecule has 0 radical (unpaired) electrons. The van der Waals surface area contributed by atoms with Gasteiger partial charge >= 0.3 is 0 Å². The zero-order chi connectivity index (χ0) is 24.1. The van der Waals surface area contributed by atoms with Crippen LogP contribution in [0.2, 0.25) is 0 Å². The molecule has 0 aliphatic rings. The van der Waals surface area contributed by atoms with Crippen molar-refractivity contribution >= 4 is 40.5 Å². The molecular weight excluding hydrogens is 468 g/mol. The molecule has 4 rings (SSSR count). The highest BCUT2D eigenvalue weighted by molar-refractivity contribution is 7.99. The molecular formula is C25H22N4O3S2. The van der Waals surface area contributed by atoms with Crippen LogP contribution in [0.3, 0.4) is 0 Å². The van der Waals surface area contributed by atoms with Crippen LogP contribution in [-0.2, 0) is 4.79 Å². The second-order valence-corrected chi connectivity index (χ2v) is 9.36. The molecule has 172 valence electrons. The van der Waals surface area contributed by atoms with E-state index in [0.717, 1.165) is 32.6 Å². The number of amides is 1. The molecule has 9 heteroatoms. The number of ketones is 1. The lowest BCUT2D eigenvalue weighted by atomic mass is 10.1. The number of benzene rings is 2. The van der Waals surface area contributed by atoms with Crippen molar-refractivity contribution in [1.82, 2.24) is 15.2 Å². The Labute approximate surface area is 205 Å². The molecule has 0 bridgehead atoms. The Morgan fingerprint density at radius 1 is 1.06 bits per heavy atom. The largest absolute Gasteiger partial charge is 0.496 e. The average molecular weight is 491 g/mol. The maximum absolute atomic E-state index is 12.3. The zero-order valence-corrected chi connectivity index (χ0v) is 20.5. The molecule has 0 unspecified atom stereocenters. The minimum Gasteiger partial charge on any atom is -0.496 e. The van der Waals surface area contributed by atoms with Crippen LogP contribution in [0.5, 0.6) is 5.75 Å². The average Bonchev–Trinajstić information content (AvgIpc) is 3.24. The summed E-state index contributed by atoms with van der Waals surface area (Å²) in [6, 6.07) is 18.4. The molecule has 1 amide bonds. The number of anilines is 1. The highest BCUT2D eigenvalue weighted by Gasteiger charge is 2.16. The van der Waals surface area contributed by atoms with Crippen LogP contribution < -0.4 is 10.1 Å². The van der Waals surface area contributed by atoms with Crippen LogP contribution >= 0.6 is 23.1 Å². The maximum atomic E-state index is 12.3. The van der Waals surface area contributed by atoms with Crippen LogP contribution in [0.1, 0.15) is 23.0 Å². The molecule has 2 heterocycles. The second-order valence-electron chi connectivity index (χ2n) is 7.36. The van der Waals surface area contributed by atoms with E-state index in [1.807, 2.05) is 43.3 Å². The third-order valence-corrected chi connectivity index (χ3v) is 7.04. The predicted octanol–water partition coefficient (Wildman–Crippen LogP) is 5.52. The molecule has 7 nitrogen and oxygen atoms in total. The monoisotopic (exact) mass is 490 g/mol. The Kier molecular flexibility index (Phi) is 7.34. The number of hydrogen-bond donors (Lipinski definition) is 1. The Hall–Kier alpha value is -3.56. The van der Waals surface area contributed by atoms with Gasteiger partial charge in [0.15, 0.2) is 5.78 Å². The van der Waals surface area contributed by atoms with E-state index in [0.29, 0.717) is 16.3 Å². The van der Waals surface area contributed by atoms with Crippen molar-refractivity contribution in [3.63, 3.8) is 0 Å². The van der Waals surface area contributed by atoms with Gasteiger partial charge in [0.1, 0.15) is 21.5 Å². The quantitative estimate of drug-likeness (QED) is 0.257. The van der Waals surface area contributed by atoms with Crippen molar-refractivity contribution in [3.05, 3.63) is 71.9 Å². The van der Waals surface area contributed by atoms with Crippen LogP contribution in [0.25, 0.3) is 21.1 Å². The van der Waals surface area contributed by atoms with E-state index in [1.54, 1.807) is 31.4 Å². The topological polar surface area (TPSA) is 94.1 Å². The molecule has 34 heavy (non-hydrogen) atoms. The van der Waals surface area contributed by atoms with E-state index in [1.165, 1.54) is 30.0 Å². The van der Waals surface area contributed by atoms with Gasteiger partial charge in [-0.1, -0.05) is 36.0 Å². The predicted molar refractivity (Wildman–Crippen MR) is 136 cm³/mol. The standard InChI is InChI=1S/C25H22N4O3S2/c1-15-24(34-25(26-15)19-9-4-5-10-21(19)32-3)20-11-12-23(29-28-20)33-14-22(31)27-18-8-6-7-17(13-18)16(2)30/h4-13H,14H2,1-3H3,(H,27,31). The lowest BCUT2D eigenvalue weighted by molar-refractivity contribution is -0.113. The van der Waals surface area contributed by atoms with Gasteiger partial charge in [-0.25, -0.2) is 4.98 Å². The van der Waals surface area contributed by atoms with Gasteiger partial charge in [0.25, 0.3) is 0 Å². The Balaban J connectivity index is 1.41. The minimum absolute atomic E-state index is 0.0490. The summed E-state index contributed by atoms with van der Waals surface area (Å²) in [5, 5.41) is 12.9. The van der Waals surface area contributed by atoms with Crippen molar-refractivity contribution in [1.29, 1.82) is 0 Å². The first-order valence-corrected chi connectivity index (χ1v) is 12.2. The van der Waals surface area contributed by atoms with Gasteiger partial charge in [0.05, 0.1) is 29.0 Å². The number of Topliss-reactive ketones (excluding diaryl/α,β-unsaturated/α-hetero) is 1. The molecule has 0 spiro atoms. The lowest BCUT2D eigenvalue weighted by Crippen LogP contribution is -2.14. The number of thioether (sulfide) groups is 1. The Morgan fingerprint density at radius 2 is 1.88 bits per heavy atom. The molecule has 0 atom stereocenters. The van der Waals surface area contributed by atoms with Crippen LogP contribution in [0.15, 0.2) is 65.7 Å². The molecule has 0 fully saturated rings. The van der Waals surface area contributed by atoms with E-state index in [2.05, 4.69) is 15.5 Å². The van der Waals surface area contributed by atoms with Crippen LogP contribution in [-0.4, -0.2) is 39.7 Å². The summed E-state index contributed by atoms with van der Waals surface area (Å²) in [7, 11) is 1.64. The van der Waals surface area contributed by atoms with E-state index in [4.69, 9.17) is 9.72 Å². The van der Waals surface area contributed by atoms with E-state index in [-0.39, 0.29) is 17.4 Å². The first-order valence-electron chi connectivity index (χ1n) is 10.4. The summed E-state index contributed by atoms with van der Waals surface area (Å²) in [6.45, 7) is 3.44. The van der Waals surface area contributed by atoms with Crippen molar-refractivity contribution < 1.29 is 14.3 Å². The number of nitrogens with one attached hydrogen (secondary N) is 1. The number of hydrogen-bond acceptors (Lipinski definition) is 8. The van der Waals surface area contributed by atoms with Crippen molar-refractivity contribution in [3.8, 4) is 26.9 Å². The number of thiazole rings is 1. The van der Waals surface area contributed by atoms with Gasteiger partial charge in [-0.05, 0) is 50.2 Å². The lowest BCUT2D eigenvalue weighted by Gasteiger charge is -2.06. The van der Waals surface area contributed by atoms with Crippen molar-refractivity contribution in [2.75, 3.05) is 18.2 Å². The Bertz CT molecular complexity index is 1340. The SMILES string of the molecule is COc1ccccc1-c1nc(C)c(-c2ccc(SCC(=O)Nc3cccc(C(C)=O)c3)nn2)s1. The molecule has 0 aliphatic heterocycles. The number of carbonyl (C=O) groups excluding carboxylic acids is 2. The molecule has 0 saturated carbocycles. The molecule has 2 aromatic heterocycles. The summed E-state index contributed by atoms with van der Waals surface area (Å²) in [6.07, 6.45) is 0. The number of carbonyl (C=O) groups is 2. The first kappa shape index (κ1) is 23.6. The van der Waals surface area contributed by atoms with Gasteiger partial charge in [-0.2, -0.15) is 0 Å². The van der Waals surface area contributed by atoms with Gasteiger partial charge in [-0.15, -0.1) is 21.5 Å². The molecule has 0 saturated heterocycles. The number of aromatic nitrogens is 3. The van der Waals surface area contributed by atoms with Crippen molar-refractivity contribution in [2.24, 2.45) is 0 Å². The van der Waals surface area contributed by atoms with Crippen LogP contribution in [0.4, 0.5) is 5.69 Å². The number of aryl methyl sites for hydroxylation is 1. The third kappa shape index (κ3) is 5.49. The van der Waals surface area contributed by atoms with Crippen LogP contribution in [0, 0.1) is 6.92 Å². The van der Waals surface area contributed by atoms with E-state index < -0.39 is 0 Å². The summed E-state index contributed by atoms with van der Waals surface area (Å²) in [5.74, 6) is 0.714. The van der Waals surface area contributed by atoms with Gasteiger partial charge < -0.3 is 10.1 Å². The summed E-state index contributed by atoms with van der Waals surface area (Å²) < 4.78 is 5.46. The number of ether oxygens (including phenoxy) is 1. The highest BCUT2D eigenvalue weighted by Crippen LogP contribution is 2.38. The molecule has 4 aromatic rings. The third-order valence-electron chi connectivity index (χ3n) is 4.91. The van der Waals surface area contributed by atoms with E-state index in [9.17, 15) is 9.59 Å². The fraction of sp³-hybridized carbons (Fsp3) is 0.160. The first-order chi connectivity index (χ1) is 16.4. The smallest absolute Gasteiger partial charge is 0.234 e. The zero-order valence-electron chi connectivity index (χ0n) is 18.9. The molecule has 0 aliphatic carbocycles. The summed E-state index contributed by atoms with van der Waals surface area (Å²) in [5.41, 5.74) is 3.67. The Morgan fingerprint density at radius 3 is 2.62 bits per heavy atom. The van der Waals surface area contributed by atoms with E-state index >= 15 is 0 Å². The van der Waals surface area contributed by atoms with Gasteiger partial charge in [0.2, 0.25) is 5.91 Å². The number of methoxy groups -OCH3 is 1.